The Bertz CT molecular complexity index is 1840. The highest BCUT2D eigenvalue weighted by Gasteiger charge is 2.45. The Labute approximate surface area is 254 Å². The van der Waals surface area contributed by atoms with E-state index in [9.17, 15) is 10.2 Å². The summed E-state index contributed by atoms with van der Waals surface area (Å²) in [6.45, 7) is 6.75. The summed E-state index contributed by atoms with van der Waals surface area (Å²) >= 11 is 0. The number of aromatic hydroxyl groups is 1. The van der Waals surface area contributed by atoms with E-state index in [0.717, 1.165) is 38.8 Å². The Morgan fingerprint density at radius 1 is 1.00 bits per heavy atom. The highest BCUT2D eigenvalue weighted by Crippen LogP contribution is 2.42. The maximum atomic E-state index is 16.9. The largest absolute Gasteiger partial charge is 0.508 e. The summed E-state index contributed by atoms with van der Waals surface area (Å²) in [5.41, 5.74) is -0.977. The van der Waals surface area contributed by atoms with Gasteiger partial charge in [0.1, 0.15) is 40.9 Å². The number of aromatic nitrogens is 3. The summed E-state index contributed by atoms with van der Waals surface area (Å²) < 4.78 is 38.4. The van der Waals surface area contributed by atoms with Crippen LogP contribution in [0.4, 0.5) is 14.6 Å². The number of pyridine rings is 1. The molecule has 228 valence electrons. The lowest BCUT2D eigenvalue weighted by Gasteiger charge is -2.38. The molecule has 0 unspecified atom stereocenters. The third-order valence-electron chi connectivity index (χ3n) is 9.41. The van der Waals surface area contributed by atoms with E-state index in [0.29, 0.717) is 42.6 Å². The van der Waals surface area contributed by atoms with Gasteiger partial charge in [0, 0.05) is 24.0 Å². The molecule has 0 bridgehead atoms. The number of hydrogen-bond donors (Lipinski definition) is 2. The highest BCUT2D eigenvalue weighted by molar-refractivity contribution is 6.01. The van der Waals surface area contributed by atoms with Crippen LogP contribution < -0.4 is 9.64 Å². The summed E-state index contributed by atoms with van der Waals surface area (Å²) in [5, 5.41) is 22.3. The lowest BCUT2D eigenvalue weighted by molar-refractivity contribution is 0.0447. The minimum atomic E-state index is -0.968. The maximum absolute atomic E-state index is 16.9. The number of halogens is 2. The Kier molecular flexibility index (Phi) is 7.06. The average molecular weight is 600 g/mol. The molecule has 2 aromatic carbocycles. The number of hydrogen-bond acceptors (Lipinski definition) is 8. The standard InChI is InChI=1S/C34H35F2N5O3/c1-3-8-25-27-30(28(36)29(37-25)23-18-22(42)17-21-9-4-10-24(35)26(21)23)38-32(39-31(27)40-14-5-11-33(2,43)19-40)44-20-34-12-6-15-41(34)16-7-13-34/h4,9-10,17-18,42-43H,5-7,11-16,19-20H2,1-2H3/t33-/m1/s1. The number of anilines is 1. The van der Waals surface area contributed by atoms with Crippen LogP contribution >= 0.6 is 0 Å². The smallest absolute Gasteiger partial charge is 0.319 e. The van der Waals surface area contributed by atoms with E-state index in [1.165, 1.54) is 24.3 Å². The lowest BCUT2D eigenvalue weighted by Crippen LogP contribution is -2.46. The molecule has 5 heterocycles. The minimum absolute atomic E-state index is 0.0317. The highest BCUT2D eigenvalue weighted by atomic mass is 19.1. The van der Waals surface area contributed by atoms with E-state index in [2.05, 4.69) is 26.7 Å². The van der Waals surface area contributed by atoms with Gasteiger partial charge in [-0.2, -0.15) is 9.97 Å². The number of β-amino-alcohol motifs (C(OH)–C–C–N with tert-alkyl or cyclic N) is 1. The molecule has 8 nitrogen and oxygen atoms in total. The number of phenolic OH excluding ortho intramolecular Hbond substituents is 1. The topological polar surface area (TPSA) is 94.8 Å². The van der Waals surface area contributed by atoms with Crippen molar-refractivity contribution in [3.63, 3.8) is 0 Å². The molecule has 0 aliphatic carbocycles. The summed E-state index contributed by atoms with van der Waals surface area (Å²) in [4.78, 5) is 18.4. The number of ether oxygens (including phenoxy) is 1. The van der Waals surface area contributed by atoms with Gasteiger partial charge in [-0.1, -0.05) is 18.1 Å². The zero-order valence-electron chi connectivity index (χ0n) is 25.0. The monoisotopic (exact) mass is 599 g/mol. The molecule has 2 N–H and O–H groups in total. The number of aliphatic hydroxyl groups is 1. The number of piperidine rings is 1. The van der Waals surface area contributed by atoms with Crippen molar-refractivity contribution < 1.29 is 23.7 Å². The Morgan fingerprint density at radius 2 is 1.77 bits per heavy atom. The summed E-state index contributed by atoms with van der Waals surface area (Å²) in [6.07, 6.45) is 5.60. The molecular formula is C34H35F2N5O3. The van der Waals surface area contributed by atoms with Crippen molar-refractivity contribution >= 4 is 27.5 Å². The molecule has 0 saturated carbocycles. The molecule has 7 rings (SSSR count). The zero-order valence-corrected chi connectivity index (χ0v) is 25.0. The number of fused-ring (bicyclic) bond motifs is 3. The first-order valence-corrected chi connectivity index (χ1v) is 15.3. The van der Waals surface area contributed by atoms with E-state index in [4.69, 9.17) is 9.72 Å². The fraction of sp³-hybridized carbons (Fsp3) is 0.441. The van der Waals surface area contributed by atoms with Gasteiger partial charge < -0.3 is 19.8 Å². The zero-order chi connectivity index (χ0) is 30.6. The summed E-state index contributed by atoms with van der Waals surface area (Å²) in [6, 6.07) is 7.24. The van der Waals surface area contributed by atoms with Gasteiger partial charge in [0.2, 0.25) is 0 Å². The van der Waals surface area contributed by atoms with E-state index in [1.54, 1.807) is 19.9 Å². The fourth-order valence-electron chi connectivity index (χ4n) is 7.43. The molecule has 10 heteroatoms. The second-order valence-corrected chi connectivity index (χ2v) is 12.6. The van der Waals surface area contributed by atoms with Crippen molar-refractivity contribution in [2.45, 2.75) is 63.5 Å². The number of benzene rings is 2. The van der Waals surface area contributed by atoms with E-state index < -0.39 is 17.2 Å². The van der Waals surface area contributed by atoms with Crippen LogP contribution in [0, 0.1) is 23.5 Å². The van der Waals surface area contributed by atoms with Crippen molar-refractivity contribution in [2.24, 2.45) is 0 Å². The van der Waals surface area contributed by atoms with Crippen molar-refractivity contribution in [3.05, 3.63) is 47.7 Å². The van der Waals surface area contributed by atoms with Crippen LogP contribution in [-0.4, -0.2) is 74.0 Å². The summed E-state index contributed by atoms with van der Waals surface area (Å²) in [5.74, 6) is 4.73. The van der Waals surface area contributed by atoms with Crippen LogP contribution in [0.3, 0.4) is 0 Å². The third kappa shape index (κ3) is 4.88. The minimum Gasteiger partial charge on any atom is -0.508 e. The van der Waals surface area contributed by atoms with Crippen molar-refractivity contribution in [3.8, 4) is 34.9 Å². The van der Waals surface area contributed by atoms with E-state index in [1.807, 2.05) is 4.90 Å². The molecule has 4 aromatic rings. The van der Waals surface area contributed by atoms with Gasteiger partial charge in [0.25, 0.3) is 0 Å². The van der Waals surface area contributed by atoms with Gasteiger partial charge in [0.15, 0.2) is 5.82 Å². The molecule has 0 spiro atoms. The van der Waals surface area contributed by atoms with Gasteiger partial charge in [-0.05, 0) is 95.0 Å². The van der Waals surface area contributed by atoms with E-state index >= 15 is 8.78 Å². The van der Waals surface area contributed by atoms with Crippen molar-refractivity contribution in [1.82, 2.24) is 19.9 Å². The van der Waals surface area contributed by atoms with Gasteiger partial charge in [-0.15, -0.1) is 0 Å². The van der Waals surface area contributed by atoms with Crippen molar-refractivity contribution in [2.75, 3.05) is 37.7 Å². The number of phenols is 1. The predicted molar refractivity (Wildman–Crippen MR) is 165 cm³/mol. The lowest BCUT2D eigenvalue weighted by atomic mass is 9.94. The van der Waals surface area contributed by atoms with E-state index in [-0.39, 0.29) is 51.7 Å². The van der Waals surface area contributed by atoms with Crippen LogP contribution in [0.1, 0.15) is 58.1 Å². The SMILES string of the molecule is CC#Cc1nc(-c2cc(O)cc3cccc(F)c23)c(F)c2nc(OCC34CCCN3CCC4)nc(N3CCC[C@@](C)(O)C3)c12. The van der Waals surface area contributed by atoms with Gasteiger partial charge in [0.05, 0.1) is 16.5 Å². The second-order valence-electron chi connectivity index (χ2n) is 12.6. The third-order valence-corrected chi connectivity index (χ3v) is 9.41. The Hall–Kier alpha value is -4.07. The number of nitrogens with zero attached hydrogens (tertiary/aromatic N) is 5. The molecule has 0 radical (unpaired) electrons. The van der Waals surface area contributed by atoms with Crippen LogP contribution in [-0.2, 0) is 0 Å². The van der Waals surface area contributed by atoms with Gasteiger partial charge >= 0.3 is 6.01 Å². The van der Waals surface area contributed by atoms with Crippen LogP contribution in [0.5, 0.6) is 11.8 Å². The molecule has 3 fully saturated rings. The predicted octanol–water partition coefficient (Wildman–Crippen LogP) is 5.56. The first-order chi connectivity index (χ1) is 21.2. The molecule has 44 heavy (non-hydrogen) atoms. The first-order valence-electron chi connectivity index (χ1n) is 15.3. The second kappa shape index (κ2) is 10.8. The summed E-state index contributed by atoms with van der Waals surface area (Å²) in [7, 11) is 0. The Balaban J connectivity index is 1.45. The Morgan fingerprint density at radius 3 is 2.52 bits per heavy atom. The average Bonchev–Trinajstić information content (AvgIpc) is 3.57. The molecule has 1 atom stereocenters. The quantitative estimate of drug-likeness (QED) is 0.288. The normalized spacial score (nSPS) is 21.4. The van der Waals surface area contributed by atoms with Crippen LogP contribution in [0.2, 0.25) is 0 Å². The molecule has 2 aromatic heterocycles. The molecular weight excluding hydrogens is 564 g/mol. The van der Waals surface area contributed by atoms with Crippen molar-refractivity contribution in [1.29, 1.82) is 0 Å². The van der Waals surface area contributed by atoms with Gasteiger partial charge in [-0.25, -0.2) is 13.8 Å². The first kappa shape index (κ1) is 28.7. The maximum Gasteiger partial charge on any atom is 0.319 e. The molecule has 3 saturated heterocycles. The van der Waals surface area contributed by atoms with Gasteiger partial charge in [-0.3, -0.25) is 4.90 Å². The fourth-order valence-corrected chi connectivity index (χ4v) is 7.43. The molecule has 0 amide bonds. The molecule has 3 aliphatic rings. The number of rotatable bonds is 5. The van der Waals surface area contributed by atoms with Crippen LogP contribution in [0.25, 0.3) is 32.9 Å². The van der Waals surface area contributed by atoms with Crippen LogP contribution in [0.15, 0.2) is 30.3 Å². The molecule has 3 aliphatic heterocycles.